The minimum atomic E-state index is -0.250. The number of hydrogen-bond donors (Lipinski definition) is 1. The summed E-state index contributed by atoms with van der Waals surface area (Å²) >= 11 is 2.85. The molecule has 162 valence electrons. The first kappa shape index (κ1) is 20.8. The summed E-state index contributed by atoms with van der Waals surface area (Å²) in [6.07, 6.45) is 5.78. The molecule has 0 saturated carbocycles. The van der Waals surface area contributed by atoms with Gasteiger partial charge in [0, 0.05) is 16.8 Å². The lowest BCUT2D eigenvalue weighted by Crippen LogP contribution is -2.23. The molecule has 0 spiro atoms. The molecule has 9 heteroatoms. The van der Waals surface area contributed by atoms with Gasteiger partial charge >= 0.3 is 0 Å². The summed E-state index contributed by atoms with van der Waals surface area (Å²) in [6.45, 7) is 1.84. The van der Waals surface area contributed by atoms with Crippen LogP contribution in [0.5, 0.6) is 0 Å². The Morgan fingerprint density at radius 1 is 1.16 bits per heavy atom. The molecule has 0 unspecified atom stereocenters. The van der Waals surface area contributed by atoms with E-state index in [4.69, 9.17) is 4.98 Å². The predicted molar refractivity (Wildman–Crippen MR) is 128 cm³/mol. The van der Waals surface area contributed by atoms with Gasteiger partial charge in [-0.15, -0.1) is 11.3 Å². The second kappa shape index (κ2) is 8.84. The van der Waals surface area contributed by atoms with Gasteiger partial charge in [0.2, 0.25) is 11.9 Å². The van der Waals surface area contributed by atoms with E-state index < -0.39 is 0 Å². The number of aryl methyl sites for hydroxylation is 3. The molecule has 1 aromatic carbocycles. The number of amides is 1. The smallest absolute Gasteiger partial charge is 0.267 e. The number of nitrogens with zero attached hydrogens (tertiary/aromatic N) is 4. The molecule has 5 rings (SSSR count). The van der Waals surface area contributed by atoms with Crippen LogP contribution < -0.4 is 10.9 Å². The van der Waals surface area contributed by atoms with Crippen LogP contribution >= 0.6 is 23.1 Å². The highest BCUT2D eigenvalue weighted by molar-refractivity contribution is 7.99. The number of thiophene rings is 1. The molecule has 32 heavy (non-hydrogen) atoms. The Balaban J connectivity index is 1.51. The molecule has 0 atom stereocenters. The molecule has 7 nitrogen and oxygen atoms in total. The molecule has 4 aromatic rings. The lowest BCUT2D eigenvalue weighted by Gasteiger charge is -2.13. The van der Waals surface area contributed by atoms with Gasteiger partial charge < -0.3 is 0 Å². The minimum absolute atomic E-state index is 0.0643. The molecule has 3 aromatic heterocycles. The van der Waals surface area contributed by atoms with Gasteiger partial charge in [0.05, 0.1) is 16.8 Å². The van der Waals surface area contributed by atoms with Gasteiger partial charge in [0.15, 0.2) is 5.16 Å². The molecule has 1 aliphatic carbocycles. The van der Waals surface area contributed by atoms with Gasteiger partial charge in [-0.2, -0.15) is 0 Å². The first-order chi connectivity index (χ1) is 15.6. The maximum absolute atomic E-state index is 13.7. The Labute approximate surface area is 193 Å². The summed E-state index contributed by atoms with van der Waals surface area (Å²) in [4.78, 5) is 41.3. The Kier molecular flexibility index (Phi) is 5.75. The van der Waals surface area contributed by atoms with Crippen LogP contribution in [0.25, 0.3) is 15.9 Å². The monoisotopic (exact) mass is 463 g/mol. The van der Waals surface area contributed by atoms with Gasteiger partial charge in [-0.3, -0.25) is 19.5 Å². The highest BCUT2D eigenvalue weighted by Gasteiger charge is 2.23. The third kappa shape index (κ3) is 4.05. The second-order valence-corrected chi connectivity index (χ2v) is 9.65. The molecule has 1 aliphatic rings. The van der Waals surface area contributed by atoms with Crippen molar-refractivity contribution in [2.24, 2.45) is 0 Å². The van der Waals surface area contributed by atoms with Crippen molar-refractivity contribution in [2.45, 2.75) is 37.8 Å². The predicted octanol–water partition coefficient (Wildman–Crippen LogP) is 4.16. The van der Waals surface area contributed by atoms with Gasteiger partial charge in [-0.1, -0.05) is 30.0 Å². The summed E-state index contributed by atoms with van der Waals surface area (Å²) in [7, 11) is 0. The second-order valence-electron chi connectivity index (χ2n) is 7.62. The fourth-order valence-corrected chi connectivity index (χ4v) is 6.00. The quantitative estimate of drug-likeness (QED) is 0.353. The van der Waals surface area contributed by atoms with Crippen LogP contribution in [0.15, 0.2) is 52.5 Å². The molecule has 0 radical (unpaired) electrons. The van der Waals surface area contributed by atoms with Crippen molar-refractivity contribution in [3.8, 4) is 5.69 Å². The van der Waals surface area contributed by atoms with Crippen molar-refractivity contribution < 1.29 is 4.79 Å². The fraction of sp³-hybridized carbons (Fsp3) is 0.261. The first-order valence-corrected chi connectivity index (χ1v) is 12.3. The van der Waals surface area contributed by atoms with Crippen LogP contribution in [0, 0.1) is 6.92 Å². The van der Waals surface area contributed by atoms with Crippen molar-refractivity contribution in [1.82, 2.24) is 19.5 Å². The summed E-state index contributed by atoms with van der Waals surface area (Å²) < 4.78 is 1.63. The van der Waals surface area contributed by atoms with E-state index in [1.807, 2.05) is 37.3 Å². The third-order valence-corrected chi connectivity index (χ3v) is 7.48. The van der Waals surface area contributed by atoms with Crippen LogP contribution in [0.4, 0.5) is 5.95 Å². The van der Waals surface area contributed by atoms with Crippen LogP contribution in [-0.2, 0) is 17.6 Å². The Morgan fingerprint density at radius 2 is 1.97 bits per heavy atom. The van der Waals surface area contributed by atoms with Crippen molar-refractivity contribution in [3.63, 3.8) is 0 Å². The summed E-state index contributed by atoms with van der Waals surface area (Å²) in [5.74, 6) is 0.109. The van der Waals surface area contributed by atoms with Gasteiger partial charge in [0.25, 0.3) is 5.56 Å². The number of carbonyl (C=O) groups is 1. The maximum Gasteiger partial charge on any atom is 0.267 e. The summed E-state index contributed by atoms with van der Waals surface area (Å²) in [5, 5.41) is 3.95. The number of aromatic nitrogens is 4. The number of fused-ring (bicyclic) bond motifs is 3. The topological polar surface area (TPSA) is 89.8 Å². The summed E-state index contributed by atoms with van der Waals surface area (Å²) in [6, 6.07) is 11.2. The van der Waals surface area contributed by atoms with Crippen LogP contribution in [-0.4, -0.2) is 31.2 Å². The number of rotatable bonds is 5. The van der Waals surface area contributed by atoms with Crippen molar-refractivity contribution in [3.05, 3.63) is 69.1 Å². The average Bonchev–Trinajstić information content (AvgIpc) is 3.17. The largest absolute Gasteiger partial charge is 0.294 e. The molecule has 1 amide bonds. The van der Waals surface area contributed by atoms with E-state index in [2.05, 4.69) is 15.3 Å². The number of carbonyl (C=O) groups excluding carboxylic acids is 1. The highest BCUT2D eigenvalue weighted by atomic mass is 32.2. The van der Waals surface area contributed by atoms with Crippen LogP contribution in [0.2, 0.25) is 0 Å². The van der Waals surface area contributed by atoms with E-state index in [-0.39, 0.29) is 23.2 Å². The zero-order valence-electron chi connectivity index (χ0n) is 17.5. The molecular weight excluding hydrogens is 442 g/mol. The maximum atomic E-state index is 13.7. The average molecular weight is 464 g/mol. The molecule has 0 saturated heterocycles. The van der Waals surface area contributed by atoms with Gasteiger partial charge in [0.1, 0.15) is 4.83 Å². The van der Waals surface area contributed by atoms with E-state index in [0.717, 1.165) is 52.8 Å². The first-order valence-electron chi connectivity index (χ1n) is 10.4. The normalized spacial score (nSPS) is 13.2. The van der Waals surface area contributed by atoms with Crippen LogP contribution in [0.1, 0.15) is 29.0 Å². The number of hydrogen-bond acceptors (Lipinski definition) is 7. The fourth-order valence-electron chi connectivity index (χ4n) is 3.89. The number of para-hydroxylation sites is 1. The minimum Gasteiger partial charge on any atom is -0.294 e. The van der Waals surface area contributed by atoms with E-state index in [1.54, 1.807) is 28.2 Å². The number of anilines is 1. The molecule has 0 bridgehead atoms. The van der Waals surface area contributed by atoms with Crippen molar-refractivity contribution >= 4 is 45.2 Å². The standard InChI is InChI=1S/C23H21N5O2S2/c1-14-11-12-24-22(25-14)26-18(29)13-31-23-27-20-19(16-9-5-6-10-17(16)32-20)21(30)28(23)15-7-3-2-4-8-15/h2-4,7-8,11-12H,5-6,9-10,13H2,1H3,(H,24,25,26,29). The SMILES string of the molecule is Cc1ccnc(NC(=O)CSc2nc3sc4c(c3c(=O)n2-c2ccccc2)CCCC4)n1. The van der Waals surface area contributed by atoms with E-state index >= 15 is 0 Å². The van der Waals surface area contributed by atoms with E-state index in [0.29, 0.717) is 5.16 Å². The molecule has 1 N–H and O–H groups in total. The van der Waals surface area contributed by atoms with E-state index in [1.165, 1.54) is 16.6 Å². The number of benzene rings is 1. The van der Waals surface area contributed by atoms with Crippen molar-refractivity contribution in [2.75, 3.05) is 11.1 Å². The summed E-state index contributed by atoms with van der Waals surface area (Å²) in [5.41, 5.74) is 2.61. The lowest BCUT2D eigenvalue weighted by atomic mass is 9.97. The molecule has 0 aliphatic heterocycles. The van der Waals surface area contributed by atoms with E-state index in [9.17, 15) is 9.59 Å². The Bertz CT molecular complexity index is 1360. The Morgan fingerprint density at radius 3 is 2.78 bits per heavy atom. The number of nitrogens with one attached hydrogen (secondary N) is 1. The molecule has 0 fully saturated rings. The highest BCUT2D eigenvalue weighted by Crippen LogP contribution is 2.35. The number of thioether (sulfide) groups is 1. The zero-order chi connectivity index (χ0) is 22.1. The van der Waals surface area contributed by atoms with Crippen molar-refractivity contribution in [1.29, 1.82) is 0 Å². The third-order valence-electron chi connectivity index (χ3n) is 5.35. The van der Waals surface area contributed by atoms with Gasteiger partial charge in [-0.05, 0) is 56.4 Å². The van der Waals surface area contributed by atoms with Crippen LogP contribution in [0.3, 0.4) is 0 Å². The Hall–Kier alpha value is -3.04. The molecule has 3 heterocycles. The van der Waals surface area contributed by atoms with Gasteiger partial charge in [-0.25, -0.2) is 15.0 Å². The molecular formula is C23H21N5O2S2. The zero-order valence-corrected chi connectivity index (χ0v) is 19.1. The lowest BCUT2D eigenvalue weighted by molar-refractivity contribution is -0.113.